The van der Waals surface area contributed by atoms with Gasteiger partial charge < -0.3 is 10.4 Å². The number of rotatable bonds is 4. The average molecular weight is 224 g/mol. The molecule has 82 valence electrons. The molecule has 0 bridgehead atoms. The van der Waals surface area contributed by atoms with Crippen LogP contribution in [0.3, 0.4) is 0 Å². The van der Waals surface area contributed by atoms with Gasteiger partial charge in [0.15, 0.2) is 0 Å². The van der Waals surface area contributed by atoms with Crippen LogP contribution in [0.5, 0.6) is 0 Å². The maximum atomic E-state index is 9.50. The number of nitrogens with one attached hydrogen (secondary N) is 1. The molecule has 1 unspecified atom stereocenters. The van der Waals surface area contributed by atoms with Crippen LogP contribution in [0.25, 0.3) is 0 Å². The fourth-order valence-electron chi connectivity index (χ4n) is 0.996. The predicted octanol–water partition coefficient (Wildman–Crippen LogP) is 1.87. The highest BCUT2D eigenvalue weighted by Gasteiger charge is 2.22. The van der Waals surface area contributed by atoms with E-state index < -0.39 is 6.10 Å². The molecule has 0 saturated carbocycles. The zero-order valence-electron chi connectivity index (χ0n) is 9.24. The summed E-state index contributed by atoms with van der Waals surface area (Å²) in [4.78, 5) is 1.84. The molecule has 1 rings (SSSR count). The Hall–Kier alpha value is -0.890. The Bertz CT molecular complexity index is 363. The first kappa shape index (κ1) is 12.2. The lowest BCUT2D eigenvalue weighted by molar-refractivity contribution is 0.0958. The molecule has 0 aliphatic rings. The standard InChI is InChI=1S/C11H16N2OS/c1-8(14)11(2,3)13-7-10-5-4-9(6-12)15-10/h4-5,8,13-14H,7H2,1-3H3. The van der Waals surface area contributed by atoms with Crippen molar-refractivity contribution in [2.75, 3.05) is 0 Å². The molecule has 0 saturated heterocycles. The molecule has 0 spiro atoms. The summed E-state index contributed by atoms with van der Waals surface area (Å²) in [5.74, 6) is 0. The number of aliphatic hydroxyl groups excluding tert-OH is 1. The van der Waals surface area contributed by atoms with Crippen molar-refractivity contribution in [2.24, 2.45) is 0 Å². The third kappa shape index (κ3) is 3.31. The second-order valence-corrected chi connectivity index (χ2v) is 5.30. The molecule has 1 heterocycles. The van der Waals surface area contributed by atoms with Crippen molar-refractivity contribution in [1.29, 1.82) is 5.26 Å². The van der Waals surface area contributed by atoms with E-state index in [-0.39, 0.29) is 5.54 Å². The van der Waals surface area contributed by atoms with Crippen LogP contribution in [-0.4, -0.2) is 16.7 Å². The van der Waals surface area contributed by atoms with Crippen molar-refractivity contribution >= 4 is 11.3 Å². The van der Waals surface area contributed by atoms with E-state index in [1.165, 1.54) is 11.3 Å². The molecule has 1 aromatic rings. The molecular formula is C11H16N2OS. The Labute approximate surface area is 94.4 Å². The van der Waals surface area contributed by atoms with Crippen LogP contribution in [0, 0.1) is 11.3 Å². The van der Waals surface area contributed by atoms with Gasteiger partial charge in [0.2, 0.25) is 0 Å². The Morgan fingerprint density at radius 3 is 2.73 bits per heavy atom. The quantitative estimate of drug-likeness (QED) is 0.821. The highest BCUT2D eigenvalue weighted by Crippen LogP contribution is 2.17. The zero-order chi connectivity index (χ0) is 11.5. The summed E-state index contributed by atoms with van der Waals surface area (Å²) in [5.41, 5.74) is -0.309. The lowest BCUT2D eigenvalue weighted by Crippen LogP contribution is -2.47. The summed E-state index contributed by atoms with van der Waals surface area (Å²) < 4.78 is 0. The van der Waals surface area contributed by atoms with Crippen molar-refractivity contribution < 1.29 is 5.11 Å². The number of aliphatic hydroxyl groups is 1. The van der Waals surface area contributed by atoms with Crippen molar-refractivity contribution in [1.82, 2.24) is 5.32 Å². The Morgan fingerprint density at radius 1 is 1.60 bits per heavy atom. The van der Waals surface area contributed by atoms with E-state index in [4.69, 9.17) is 5.26 Å². The molecule has 3 nitrogen and oxygen atoms in total. The van der Waals surface area contributed by atoms with Gasteiger partial charge >= 0.3 is 0 Å². The van der Waals surface area contributed by atoms with E-state index in [1.807, 2.05) is 26.0 Å². The van der Waals surface area contributed by atoms with Gasteiger partial charge in [-0.3, -0.25) is 0 Å². The molecule has 4 heteroatoms. The number of nitriles is 1. The maximum Gasteiger partial charge on any atom is 0.110 e. The highest BCUT2D eigenvalue weighted by molar-refractivity contribution is 7.12. The Morgan fingerprint density at radius 2 is 2.27 bits per heavy atom. The number of hydrogen-bond donors (Lipinski definition) is 2. The first-order valence-corrected chi connectivity index (χ1v) is 5.69. The minimum atomic E-state index is -0.409. The van der Waals surface area contributed by atoms with Crippen LogP contribution in [0.1, 0.15) is 30.5 Å². The van der Waals surface area contributed by atoms with Gasteiger partial charge in [-0.2, -0.15) is 5.26 Å². The lowest BCUT2D eigenvalue weighted by Gasteiger charge is -2.29. The van der Waals surface area contributed by atoms with Crippen LogP contribution in [0.2, 0.25) is 0 Å². The second-order valence-electron chi connectivity index (χ2n) is 4.13. The molecule has 0 fully saturated rings. The highest BCUT2D eigenvalue weighted by atomic mass is 32.1. The SMILES string of the molecule is CC(O)C(C)(C)NCc1ccc(C#N)s1. The van der Waals surface area contributed by atoms with Crippen LogP contribution in [-0.2, 0) is 6.54 Å². The van der Waals surface area contributed by atoms with Crippen molar-refractivity contribution in [3.8, 4) is 6.07 Å². The third-order valence-electron chi connectivity index (χ3n) is 2.53. The number of hydrogen-bond acceptors (Lipinski definition) is 4. The van der Waals surface area contributed by atoms with Crippen LogP contribution in [0.4, 0.5) is 0 Å². The summed E-state index contributed by atoms with van der Waals surface area (Å²) in [6, 6.07) is 5.86. The smallest absolute Gasteiger partial charge is 0.110 e. The molecule has 0 aliphatic heterocycles. The van der Waals surface area contributed by atoms with Crippen LogP contribution in [0.15, 0.2) is 12.1 Å². The third-order valence-corrected chi connectivity index (χ3v) is 3.52. The topological polar surface area (TPSA) is 56.0 Å². The van der Waals surface area contributed by atoms with Gasteiger partial charge in [-0.15, -0.1) is 11.3 Å². The maximum absolute atomic E-state index is 9.50. The molecular weight excluding hydrogens is 208 g/mol. The fraction of sp³-hybridized carbons (Fsp3) is 0.545. The lowest BCUT2D eigenvalue weighted by atomic mass is 9.99. The van der Waals surface area contributed by atoms with Gasteiger partial charge in [0.1, 0.15) is 10.9 Å². The van der Waals surface area contributed by atoms with Crippen molar-refractivity contribution in [3.05, 3.63) is 21.9 Å². The monoisotopic (exact) mass is 224 g/mol. The average Bonchev–Trinajstić information content (AvgIpc) is 2.62. The van der Waals surface area contributed by atoms with Gasteiger partial charge in [0.05, 0.1) is 6.10 Å². The zero-order valence-corrected chi connectivity index (χ0v) is 10.1. The van der Waals surface area contributed by atoms with Crippen LogP contribution >= 0.6 is 11.3 Å². The Balaban J connectivity index is 2.54. The number of thiophene rings is 1. The molecule has 0 aromatic carbocycles. The second kappa shape index (κ2) is 4.75. The molecule has 1 atom stereocenters. The molecule has 0 radical (unpaired) electrons. The first-order valence-electron chi connectivity index (χ1n) is 4.87. The molecule has 2 N–H and O–H groups in total. The predicted molar refractivity (Wildman–Crippen MR) is 61.6 cm³/mol. The summed E-state index contributed by atoms with van der Waals surface area (Å²) in [7, 11) is 0. The molecule has 0 amide bonds. The largest absolute Gasteiger partial charge is 0.392 e. The van der Waals surface area contributed by atoms with Crippen molar-refractivity contribution in [2.45, 2.75) is 39.0 Å². The summed E-state index contributed by atoms with van der Waals surface area (Å²) in [6.07, 6.45) is -0.409. The minimum absolute atomic E-state index is 0.309. The Kier molecular flexibility index (Phi) is 3.86. The van der Waals surface area contributed by atoms with Gasteiger partial charge in [0, 0.05) is 17.0 Å². The number of nitrogens with zero attached hydrogens (tertiary/aromatic N) is 1. The molecule has 0 aliphatic carbocycles. The normalized spacial score (nSPS) is 13.5. The van der Waals surface area contributed by atoms with E-state index in [9.17, 15) is 5.11 Å². The minimum Gasteiger partial charge on any atom is -0.392 e. The van der Waals surface area contributed by atoms with Crippen molar-refractivity contribution in [3.63, 3.8) is 0 Å². The van der Waals surface area contributed by atoms with E-state index >= 15 is 0 Å². The summed E-state index contributed by atoms with van der Waals surface area (Å²) in [5, 5.41) is 21.4. The van der Waals surface area contributed by atoms with E-state index in [0.29, 0.717) is 6.54 Å². The van der Waals surface area contributed by atoms with Gasteiger partial charge in [-0.25, -0.2) is 0 Å². The van der Waals surface area contributed by atoms with Gasteiger partial charge in [-0.1, -0.05) is 0 Å². The van der Waals surface area contributed by atoms with Crippen LogP contribution < -0.4 is 5.32 Å². The summed E-state index contributed by atoms with van der Waals surface area (Å²) in [6.45, 7) is 6.36. The summed E-state index contributed by atoms with van der Waals surface area (Å²) >= 11 is 1.48. The van der Waals surface area contributed by atoms with Gasteiger partial charge in [-0.05, 0) is 32.9 Å². The fourth-order valence-corrected chi connectivity index (χ4v) is 1.74. The first-order chi connectivity index (χ1) is 6.95. The molecule has 1 aromatic heterocycles. The molecule has 15 heavy (non-hydrogen) atoms. The van der Waals surface area contributed by atoms with E-state index in [0.717, 1.165) is 9.75 Å². The van der Waals surface area contributed by atoms with E-state index in [1.54, 1.807) is 6.92 Å². The van der Waals surface area contributed by atoms with Gasteiger partial charge in [0.25, 0.3) is 0 Å². The van der Waals surface area contributed by atoms with E-state index in [2.05, 4.69) is 11.4 Å².